The van der Waals surface area contributed by atoms with Gasteiger partial charge >= 0.3 is 5.97 Å². The maximum Gasteiger partial charge on any atom is 0.303 e. The molecule has 10 unspecified atom stereocenters. The van der Waals surface area contributed by atoms with E-state index in [1.54, 1.807) is 0 Å². The Balaban J connectivity index is 2.00. The number of ether oxygens (including phenoxy) is 8. The van der Waals surface area contributed by atoms with Crippen LogP contribution in [0.5, 0.6) is 0 Å². The third-order valence-corrected chi connectivity index (χ3v) is 16.8. The first kappa shape index (κ1) is 95.6. The van der Waals surface area contributed by atoms with Crippen LogP contribution >= 0.6 is 0 Å². The fourth-order valence-electron chi connectivity index (χ4n) is 11.0. The van der Waals surface area contributed by atoms with Crippen molar-refractivity contribution < 1.29 is 131 Å². The predicted octanol–water partition coefficient (Wildman–Crippen LogP) is -3.18. The largest absolute Gasteiger partial charge is 0.481 e. The zero-order valence-electron chi connectivity index (χ0n) is 62.1. The number of aliphatic carboxylic acids is 1. The van der Waals surface area contributed by atoms with Gasteiger partial charge in [-0.2, -0.15) is 0 Å². The van der Waals surface area contributed by atoms with Gasteiger partial charge in [0, 0.05) is 131 Å². The van der Waals surface area contributed by atoms with E-state index in [0.29, 0.717) is 77.2 Å². The van der Waals surface area contributed by atoms with Crippen LogP contribution in [0.2, 0.25) is 0 Å². The van der Waals surface area contributed by atoms with E-state index < -0.39 is 104 Å². The fourth-order valence-corrected chi connectivity index (χ4v) is 11.0. The van der Waals surface area contributed by atoms with Crippen molar-refractivity contribution in [3.05, 3.63) is 0 Å². The summed E-state index contributed by atoms with van der Waals surface area (Å²) in [7, 11) is 0. The number of unbranched alkanes of at least 4 members (excludes halogenated alkanes) is 10. The monoisotopic (exact) mass is 1520 g/mol. The third kappa shape index (κ3) is 46.0. The number of amides is 10. The second-order valence-corrected chi connectivity index (χ2v) is 26.4. The van der Waals surface area contributed by atoms with E-state index in [1.807, 2.05) is 0 Å². The van der Waals surface area contributed by atoms with Crippen molar-refractivity contribution in [2.45, 2.75) is 254 Å². The molecule has 37 heteroatoms. The van der Waals surface area contributed by atoms with Crippen molar-refractivity contribution in [1.29, 1.82) is 0 Å². The number of hydrogen-bond donors (Lipinski definition) is 18. The lowest BCUT2D eigenvalue weighted by atomic mass is 9.97. The Kier molecular flexibility index (Phi) is 52.9. The summed E-state index contributed by atoms with van der Waals surface area (Å²) < 4.78 is 45.9. The first-order valence-corrected chi connectivity index (χ1v) is 37.2. The van der Waals surface area contributed by atoms with Crippen LogP contribution in [0.4, 0.5) is 0 Å². The molecule has 10 amide bonds. The van der Waals surface area contributed by atoms with Crippen LogP contribution in [0.25, 0.3) is 0 Å². The summed E-state index contributed by atoms with van der Waals surface area (Å²) in [6.07, 6.45) is -0.876. The summed E-state index contributed by atoms with van der Waals surface area (Å²) in [6.45, 7) is 3.40. The number of aliphatic hydroxyl groups is 7. The normalized spacial score (nSPS) is 20.7. The molecule has 0 aromatic carbocycles. The molecule has 37 nitrogen and oxygen atoms in total. The molecule has 2 fully saturated rings. The van der Waals surface area contributed by atoms with Crippen molar-refractivity contribution in [3.63, 3.8) is 0 Å². The number of rotatable bonds is 63. The van der Waals surface area contributed by atoms with Crippen LogP contribution in [0.15, 0.2) is 0 Å². The van der Waals surface area contributed by atoms with Gasteiger partial charge in [0.15, 0.2) is 18.9 Å². The van der Waals surface area contributed by atoms with Gasteiger partial charge in [0.05, 0.1) is 59.4 Å². The molecule has 0 aliphatic carbocycles. The number of carboxylic acid groups (broad SMARTS) is 1. The van der Waals surface area contributed by atoms with E-state index in [0.717, 1.165) is 38.5 Å². The minimum absolute atomic E-state index is 0.0439. The Morgan fingerprint density at radius 3 is 1.04 bits per heavy atom. The highest BCUT2D eigenvalue weighted by atomic mass is 16.7. The molecule has 2 heterocycles. The Bertz CT molecular complexity index is 2430. The Labute approximate surface area is 620 Å². The number of nitrogens with one attached hydrogen (secondary N) is 10. The first-order chi connectivity index (χ1) is 50.8. The molecule has 2 aliphatic heterocycles. The molecule has 2 saturated heterocycles. The SMILES string of the molecule is CC(=O)NC[C@@H](O)OCCCCC(=O)NCCCNC(=O)CCOCC(COCCC(=O)NCCCNC(=O)CCCCOC1OC(CO)C(O)C(O)C1NC(C)=O)(COCCC(=O)NCCCNC(=O)CCCCOC1OC(CO)C(O)C(O)C1NC(C)=O)NC(=O)CCCCCCCCCCC(=O)O. The summed E-state index contributed by atoms with van der Waals surface area (Å²) in [6, 6.07) is -2.18. The second kappa shape index (κ2) is 58.6. The Hall–Kier alpha value is -6.43. The van der Waals surface area contributed by atoms with Crippen LogP contribution in [-0.2, 0) is 90.6 Å². The summed E-state index contributed by atoms with van der Waals surface area (Å²) in [5, 5.41) is 106. The zero-order chi connectivity index (χ0) is 78.3. The molecule has 0 bridgehead atoms. The number of carbonyl (C=O) groups excluding carboxylic acids is 10. The van der Waals surface area contributed by atoms with E-state index in [1.165, 1.54) is 20.8 Å². The van der Waals surface area contributed by atoms with Crippen molar-refractivity contribution >= 4 is 65.0 Å². The smallest absolute Gasteiger partial charge is 0.303 e. The van der Waals surface area contributed by atoms with E-state index >= 15 is 0 Å². The second-order valence-electron chi connectivity index (χ2n) is 26.4. The lowest BCUT2D eigenvalue weighted by molar-refractivity contribution is -0.270. The highest BCUT2D eigenvalue weighted by Crippen LogP contribution is 2.25. The molecule has 18 N–H and O–H groups in total. The number of aliphatic hydroxyl groups excluding tert-OH is 7. The van der Waals surface area contributed by atoms with E-state index in [4.69, 9.17) is 43.0 Å². The molecule has 0 aromatic heterocycles. The molecule has 2 aliphatic rings. The summed E-state index contributed by atoms with van der Waals surface area (Å²) >= 11 is 0. The molecule has 0 radical (unpaired) electrons. The third-order valence-electron chi connectivity index (χ3n) is 16.8. The maximum absolute atomic E-state index is 13.8. The van der Waals surface area contributed by atoms with E-state index in [9.17, 15) is 88.5 Å². The average molecular weight is 1530 g/mol. The Morgan fingerprint density at radius 1 is 0.377 bits per heavy atom. The Morgan fingerprint density at radius 2 is 0.698 bits per heavy atom. The van der Waals surface area contributed by atoms with E-state index in [2.05, 4.69) is 53.2 Å². The van der Waals surface area contributed by atoms with Gasteiger partial charge in [-0.1, -0.05) is 38.5 Å². The first-order valence-electron chi connectivity index (χ1n) is 37.2. The quantitative estimate of drug-likeness (QED) is 0.0211. The molecule has 2 rings (SSSR count). The molecule has 11 atom stereocenters. The highest BCUT2D eigenvalue weighted by Gasteiger charge is 2.47. The van der Waals surface area contributed by atoms with Gasteiger partial charge in [-0.15, -0.1) is 0 Å². The van der Waals surface area contributed by atoms with Crippen LogP contribution in [0.1, 0.15) is 181 Å². The van der Waals surface area contributed by atoms with Crippen molar-refractivity contribution in [1.82, 2.24) is 53.2 Å². The van der Waals surface area contributed by atoms with Crippen molar-refractivity contribution in [3.8, 4) is 0 Å². The molecule has 106 heavy (non-hydrogen) atoms. The van der Waals surface area contributed by atoms with Crippen LogP contribution in [0.3, 0.4) is 0 Å². The minimum Gasteiger partial charge on any atom is -0.481 e. The van der Waals surface area contributed by atoms with Gasteiger partial charge in [-0.3, -0.25) is 52.7 Å². The molecule has 0 spiro atoms. The highest BCUT2D eigenvalue weighted by molar-refractivity contribution is 5.79. The van der Waals surface area contributed by atoms with Crippen molar-refractivity contribution in [2.75, 3.05) is 118 Å². The van der Waals surface area contributed by atoms with Gasteiger partial charge in [0.25, 0.3) is 0 Å². The molecule has 612 valence electrons. The van der Waals surface area contributed by atoms with Gasteiger partial charge in [0.2, 0.25) is 59.1 Å². The maximum atomic E-state index is 13.8. The lowest BCUT2D eigenvalue weighted by Gasteiger charge is -2.42. The molecular formula is C69H124N10O27. The fraction of sp³-hybridized carbons (Fsp3) is 0.841. The van der Waals surface area contributed by atoms with Crippen LogP contribution in [-0.4, -0.2) is 297 Å². The number of carbonyl (C=O) groups is 11. The summed E-state index contributed by atoms with van der Waals surface area (Å²) in [5.41, 5.74) is -1.40. The van der Waals surface area contributed by atoms with Crippen LogP contribution < -0.4 is 53.2 Å². The van der Waals surface area contributed by atoms with Crippen LogP contribution in [0, 0.1) is 0 Å². The number of hydrogen-bond acceptors (Lipinski definition) is 26. The van der Waals surface area contributed by atoms with Gasteiger partial charge in [-0.25, -0.2) is 0 Å². The van der Waals surface area contributed by atoms with Crippen molar-refractivity contribution in [2.24, 2.45) is 0 Å². The van der Waals surface area contributed by atoms with Gasteiger partial charge in [0.1, 0.15) is 54.2 Å². The minimum atomic E-state index is -1.46. The molecular weight excluding hydrogens is 1400 g/mol. The van der Waals surface area contributed by atoms with E-state index in [-0.39, 0.29) is 197 Å². The lowest BCUT2D eigenvalue weighted by Crippen LogP contribution is -2.64. The van der Waals surface area contributed by atoms with Gasteiger partial charge in [-0.05, 0) is 70.6 Å². The summed E-state index contributed by atoms with van der Waals surface area (Å²) in [5.74, 6) is -4.22. The molecule has 0 saturated carbocycles. The summed E-state index contributed by atoms with van der Waals surface area (Å²) in [4.78, 5) is 136. The number of carboxylic acids is 1. The zero-order valence-corrected chi connectivity index (χ0v) is 62.1. The topological polar surface area (TPSA) is 544 Å². The standard InChI is InChI=1S/C69H124N10O27/c1-47(82)76-41-60(94)102-35-15-12-21-52(85)70-29-18-32-73-55(88)26-38-99-44-69(79-58(91)24-10-8-6-4-5-7-9-11-25-59(92)93,45-100-39-27-56(89)74-33-19-30-71-53(86)22-13-16-36-103-67-61(77-48(2)83)65(97)63(95)50(42-80)105-67)46-101-40-28-57(90)75-34-20-31-72-54(87)23-14-17-37-104-68-62(78-49(3)84)66(98)64(96)51(43-81)106-68/h50-51,60-68,80-81,94-98H,4-46H2,1-3H3,(H,70,85)(H,71,86)(H,72,87)(H,73,88)(H,74,89)(H,75,90)(H,76,82)(H,77,83)(H,78,84)(H,79,91)(H,92,93)/t50?,51?,60-,61?,62?,63?,64?,65?,66?,67?,68?,69?/m0/s1. The van der Waals surface area contributed by atoms with Gasteiger partial charge < -0.3 is 132 Å². The molecule has 0 aromatic rings. The average Bonchev–Trinajstić information content (AvgIpc) is 0.817. The predicted molar refractivity (Wildman–Crippen MR) is 378 cm³/mol.